The number of halogens is 3. The normalized spacial score (nSPS) is 20.0. The molecule has 3 rings (SSSR count). The lowest BCUT2D eigenvalue weighted by atomic mass is 10.1. The van der Waals surface area contributed by atoms with Crippen molar-refractivity contribution in [2.24, 2.45) is 0 Å². The van der Waals surface area contributed by atoms with Gasteiger partial charge in [-0.15, -0.1) is 0 Å². The third-order valence-corrected chi connectivity index (χ3v) is 4.65. The zero-order valence-corrected chi connectivity index (χ0v) is 14.0. The van der Waals surface area contributed by atoms with Gasteiger partial charge in [0.15, 0.2) is 0 Å². The monoisotopic (exact) mass is 357 g/mol. The number of benzene rings is 1. The van der Waals surface area contributed by atoms with Gasteiger partial charge in [-0.1, -0.05) is 0 Å². The van der Waals surface area contributed by atoms with E-state index >= 15 is 0 Å². The van der Waals surface area contributed by atoms with Crippen LogP contribution in [0.25, 0.3) is 0 Å². The summed E-state index contributed by atoms with van der Waals surface area (Å²) < 4.78 is 43.1. The zero-order chi connectivity index (χ0) is 17.9. The molecule has 2 saturated heterocycles. The first-order valence-electron chi connectivity index (χ1n) is 8.43. The Labute approximate surface area is 144 Å². The summed E-state index contributed by atoms with van der Waals surface area (Å²) in [4.78, 5) is 18.2. The SMILES string of the molecule is O=C(CN1CCN(c2ccc(C(F)(F)F)cc2)CC1)N1CCOCC1. The summed E-state index contributed by atoms with van der Waals surface area (Å²) in [5, 5.41) is 0. The van der Waals surface area contributed by atoms with Crippen LogP contribution in [0.5, 0.6) is 0 Å². The molecule has 0 atom stereocenters. The molecule has 8 heteroatoms. The minimum Gasteiger partial charge on any atom is -0.378 e. The molecule has 0 aliphatic carbocycles. The van der Waals surface area contributed by atoms with Gasteiger partial charge in [0.2, 0.25) is 5.91 Å². The van der Waals surface area contributed by atoms with Gasteiger partial charge in [0, 0.05) is 45.0 Å². The van der Waals surface area contributed by atoms with Crippen LogP contribution in [0, 0.1) is 0 Å². The van der Waals surface area contributed by atoms with E-state index < -0.39 is 11.7 Å². The number of carbonyl (C=O) groups excluding carboxylic acids is 1. The van der Waals surface area contributed by atoms with E-state index in [1.54, 1.807) is 0 Å². The van der Waals surface area contributed by atoms with Gasteiger partial charge in [0.25, 0.3) is 0 Å². The van der Waals surface area contributed by atoms with Crippen LogP contribution in [0.1, 0.15) is 5.56 Å². The lowest BCUT2D eigenvalue weighted by Crippen LogP contribution is -2.51. The summed E-state index contributed by atoms with van der Waals surface area (Å²) in [7, 11) is 0. The predicted molar refractivity (Wildman–Crippen MR) is 87.5 cm³/mol. The van der Waals surface area contributed by atoms with Gasteiger partial charge in [-0.3, -0.25) is 9.69 Å². The molecule has 138 valence electrons. The second-order valence-corrected chi connectivity index (χ2v) is 6.30. The summed E-state index contributed by atoms with van der Waals surface area (Å²) in [5.41, 5.74) is 0.151. The van der Waals surface area contributed by atoms with Crippen molar-refractivity contribution in [2.75, 3.05) is 63.9 Å². The Morgan fingerprint density at radius 2 is 1.56 bits per heavy atom. The maximum atomic E-state index is 12.6. The van der Waals surface area contributed by atoms with Crippen molar-refractivity contribution in [1.29, 1.82) is 0 Å². The number of alkyl halides is 3. The van der Waals surface area contributed by atoms with E-state index in [9.17, 15) is 18.0 Å². The van der Waals surface area contributed by atoms with Crippen molar-refractivity contribution in [1.82, 2.24) is 9.80 Å². The third-order valence-electron chi connectivity index (χ3n) is 4.65. The van der Waals surface area contributed by atoms with Gasteiger partial charge in [-0.25, -0.2) is 0 Å². The summed E-state index contributed by atoms with van der Waals surface area (Å²) >= 11 is 0. The Kier molecular flexibility index (Phi) is 5.48. The molecule has 1 amide bonds. The summed E-state index contributed by atoms with van der Waals surface area (Å²) in [6.07, 6.45) is -4.31. The average Bonchev–Trinajstić information content (AvgIpc) is 2.62. The predicted octanol–water partition coefficient (Wildman–Crippen LogP) is 1.69. The molecular weight excluding hydrogens is 335 g/mol. The molecule has 0 aromatic heterocycles. The molecule has 0 spiro atoms. The minimum absolute atomic E-state index is 0.117. The van der Waals surface area contributed by atoms with E-state index in [4.69, 9.17) is 4.74 Å². The molecule has 2 aliphatic rings. The highest BCUT2D eigenvalue weighted by atomic mass is 19.4. The standard InChI is InChI=1S/C17H22F3N3O2/c18-17(19,20)14-1-3-15(4-2-14)22-7-5-21(6-8-22)13-16(24)23-9-11-25-12-10-23/h1-4H,5-13H2. The van der Waals surface area contributed by atoms with E-state index in [-0.39, 0.29) is 5.91 Å². The highest BCUT2D eigenvalue weighted by Crippen LogP contribution is 2.30. The lowest BCUT2D eigenvalue weighted by Gasteiger charge is -2.37. The molecule has 1 aromatic rings. The molecule has 0 unspecified atom stereocenters. The lowest BCUT2D eigenvalue weighted by molar-refractivity contribution is -0.137. The summed E-state index contributed by atoms with van der Waals surface area (Å²) in [6, 6.07) is 5.25. The molecule has 0 N–H and O–H groups in total. The van der Waals surface area contributed by atoms with Crippen molar-refractivity contribution >= 4 is 11.6 Å². The van der Waals surface area contributed by atoms with E-state index in [1.807, 2.05) is 4.90 Å². The number of hydrogen-bond acceptors (Lipinski definition) is 4. The van der Waals surface area contributed by atoms with Crippen LogP contribution in [-0.4, -0.2) is 74.7 Å². The molecule has 0 saturated carbocycles. The fourth-order valence-electron chi connectivity index (χ4n) is 3.13. The van der Waals surface area contributed by atoms with Crippen LogP contribution in [-0.2, 0) is 15.7 Å². The number of anilines is 1. The van der Waals surface area contributed by atoms with Gasteiger partial charge in [-0.05, 0) is 24.3 Å². The first-order chi connectivity index (χ1) is 11.9. The highest BCUT2D eigenvalue weighted by Gasteiger charge is 2.30. The summed E-state index contributed by atoms with van der Waals surface area (Å²) in [6.45, 7) is 5.69. The first kappa shape index (κ1) is 18.0. The molecular formula is C17H22F3N3O2. The van der Waals surface area contributed by atoms with Gasteiger partial charge >= 0.3 is 6.18 Å². The number of amides is 1. The van der Waals surface area contributed by atoms with Crippen LogP contribution >= 0.6 is 0 Å². The van der Waals surface area contributed by atoms with Gasteiger partial charge in [-0.2, -0.15) is 13.2 Å². The molecule has 25 heavy (non-hydrogen) atoms. The number of carbonyl (C=O) groups is 1. The van der Waals surface area contributed by atoms with E-state index in [2.05, 4.69) is 9.80 Å². The number of rotatable bonds is 3. The maximum absolute atomic E-state index is 12.6. The van der Waals surface area contributed by atoms with Crippen molar-refractivity contribution in [2.45, 2.75) is 6.18 Å². The molecule has 5 nitrogen and oxygen atoms in total. The zero-order valence-electron chi connectivity index (χ0n) is 14.0. The van der Waals surface area contributed by atoms with Crippen LogP contribution in [0.3, 0.4) is 0 Å². The number of ether oxygens (including phenoxy) is 1. The van der Waals surface area contributed by atoms with Crippen LogP contribution in [0.4, 0.5) is 18.9 Å². The second-order valence-electron chi connectivity index (χ2n) is 6.30. The quantitative estimate of drug-likeness (QED) is 0.825. The molecule has 2 heterocycles. The molecule has 1 aromatic carbocycles. The number of hydrogen-bond donors (Lipinski definition) is 0. The van der Waals surface area contributed by atoms with Crippen molar-refractivity contribution in [3.05, 3.63) is 29.8 Å². The van der Waals surface area contributed by atoms with Crippen molar-refractivity contribution < 1.29 is 22.7 Å². The molecule has 2 fully saturated rings. The number of morpholine rings is 1. The van der Waals surface area contributed by atoms with E-state index in [0.29, 0.717) is 45.9 Å². The molecule has 0 bridgehead atoms. The minimum atomic E-state index is -4.31. The average molecular weight is 357 g/mol. The summed E-state index contributed by atoms with van der Waals surface area (Å²) in [5.74, 6) is 0.117. The van der Waals surface area contributed by atoms with Gasteiger partial charge in [0.05, 0.1) is 25.3 Å². The van der Waals surface area contributed by atoms with Gasteiger partial charge < -0.3 is 14.5 Å². The van der Waals surface area contributed by atoms with E-state index in [0.717, 1.165) is 30.9 Å². The second kappa shape index (κ2) is 7.61. The van der Waals surface area contributed by atoms with Crippen LogP contribution in [0.2, 0.25) is 0 Å². The fraction of sp³-hybridized carbons (Fsp3) is 0.588. The Morgan fingerprint density at radius 3 is 2.12 bits per heavy atom. The van der Waals surface area contributed by atoms with Crippen LogP contribution in [0.15, 0.2) is 24.3 Å². The Balaban J connectivity index is 1.49. The fourth-order valence-corrected chi connectivity index (χ4v) is 3.13. The number of nitrogens with zero attached hydrogens (tertiary/aromatic N) is 3. The Hall–Kier alpha value is -1.80. The third kappa shape index (κ3) is 4.64. The van der Waals surface area contributed by atoms with Crippen molar-refractivity contribution in [3.63, 3.8) is 0 Å². The topological polar surface area (TPSA) is 36.0 Å². The smallest absolute Gasteiger partial charge is 0.378 e. The Bertz CT molecular complexity index is 578. The van der Waals surface area contributed by atoms with E-state index in [1.165, 1.54) is 12.1 Å². The molecule has 0 radical (unpaired) electrons. The highest BCUT2D eigenvalue weighted by molar-refractivity contribution is 5.78. The number of piperazine rings is 1. The van der Waals surface area contributed by atoms with Crippen LogP contribution < -0.4 is 4.90 Å². The largest absolute Gasteiger partial charge is 0.416 e. The van der Waals surface area contributed by atoms with Crippen molar-refractivity contribution in [3.8, 4) is 0 Å². The Morgan fingerprint density at radius 1 is 0.960 bits per heavy atom. The first-order valence-corrected chi connectivity index (χ1v) is 8.43. The maximum Gasteiger partial charge on any atom is 0.416 e. The van der Waals surface area contributed by atoms with Gasteiger partial charge in [0.1, 0.15) is 0 Å². The molecule has 2 aliphatic heterocycles.